The summed E-state index contributed by atoms with van der Waals surface area (Å²) in [4.78, 5) is 11.4. The van der Waals surface area contributed by atoms with Gasteiger partial charge in [0.05, 0.1) is 0 Å². The fraction of sp³-hybridized carbons (Fsp3) is 0.632. The summed E-state index contributed by atoms with van der Waals surface area (Å²) >= 11 is 0. The standard InChI is InChI=1S/C19H30O2/c1-6-7-14-21-19(20)15-18(5)13-9-12-17(4)11-8-10-16(2)3/h9,13,15-17H,8,10-12,14H2,1-5H3/b13-9+,18-15+. The van der Waals surface area contributed by atoms with Crippen molar-refractivity contribution in [3.8, 4) is 11.8 Å². The van der Waals surface area contributed by atoms with Crippen molar-refractivity contribution in [3.63, 3.8) is 0 Å². The lowest BCUT2D eigenvalue weighted by Crippen LogP contribution is -2.01. The summed E-state index contributed by atoms with van der Waals surface area (Å²) in [6.07, 6.45) is 10.6. The van der Waals surface area contributed by atoms with Gasteiger partial charge in [0, 0.05) is 6.08 Å². The molecule has 0 rings (SSSR count). The van der Waals surface area contributed by atoms with Gasteiger partial charge in [0.1, 0.15) is 0 Å². The smallest absolute Gasteiger partial charge is 0.331 e. The molecule has 1 unspecified atom stereocenters. The summed E-state index contributed by atoms with van der Waals surface area (Å²) in [6, 6.07) is 0. The van der Waals surface area contributed by atoms with Crippen molar-refractivity contribution in [1.82, 2.24) is 0 Å². The number of esters is 1. The first kappa shape index (κ1) is 19.5. The number of carbonyl (C=O) groups excluding carboxylic acids is 1. The van der Waals surface area contributed by atoms with Gasteiger partial charge in [-0.15, -0.1) is 5.92 Å². The highest BCUT2D eigenvalue weighted by molar-refractivity contribution is 5.83. The predicted octanol–water partition coefficient (Wildman–Crippen LogP) is 4.91. The Morgan fingerprint density at radius 2 is 1.95 bits per heavy atom. The highest BCUT2D eigenvalue weighted by Crippen LogP contribution is 2.15. The lowest BCUT2D eigenvalue weighted by molar-refractivity contribution is -0.136. The molecular weight excluding hydrogens is 260 g/mol. The van der Waals surface area contributed by atoms with Gasteiger partial charge in [-0.3, -0.25) is 0 Å². The van der Waals surface area contributed by atoms with E-state index in [-0.39, 0.29) is 12.6 Å². The average molecular weight is 290 g/mol. The molecule has 1 atom stereocenters. The maximum Gasteiger partial charge on any atom is 0.331 e. The third kappa shape index (κ3) is 13.3. The number of ether oxygens (including phenoxy) is 1. The van der Waals surface area contributed by atoms with Crippen LogP contribution in [0.15, 0.2) is 23.8 Å². The second-order valence-corrected chi connectivity index (χ2v) is 5.99. The van der Waals surface area contributed by atoms with Crippen LogP contribution >= 0.6 is 0 Å². The maximum absolute atomic E-state index is 11.4. The van der Waals surface area contributed by atoms with Crippen LogP contribution in [0, 0.1) is 23.7 Å². The first-order chi connectivity index (χ1) is 9.95. The molecule has 0 aromatic heterocycles. The van der Waals surface area contributed by atoms with Crippen LogP contribution in [-0.2, 0) is 9.53 Å². The molecule has 0 aromatic carbocycles. The van der Waals surface area contributed by atoms with E-state index in [0.717, 1.165) is 17.9 Å². The van der Waals surface area contributed by atoms with Crippen molar-refractivity contribution in [2.24, 2.45) is 11.8 Å². The molecule has 0 saturated heterocycles. The molecule has 21 heavy (non-hydrogen) atoms. The lowest BCUT2D eigenvalue weighted by Gasteiger charge is -2.09. The molecule has 0 aromatic rings. The van der Waals surface area contributed by atoms with Gasteiger partial charge in [-0.05, 0) is 37.7 Å². The molecule has 0 amide bonds. The Hall–Kier alpha value is -1.49. The Kier molecular flexibility index (Phi) is 11.4. The van der Waals surface area contributed by atoms with E-state index in [1.807, 2.05) is 13.0 Å². The molecule has 0 radical (unpaired) electrons. The van der Waals surface area contributed by atoms with Gasteiger partial charge in [0.15, 0.2) is 6.61 Å². The Morgan fingerprint density at radius 1 is 1.24 bits per heavy atom. The predicted molar refractivity (Wildman–Crippen MR) is 89.8 cm³/mol. The lowest BCUT2D eigenvalue weighted by atomic mass is 9.97. The highest BCUT2D eigenvalue weighted by Gasteiger charge is 2.01. The van der Waals surface area contributed by atoms with Gasteiger partial charge in [-0.25, -0.2) is 4.79 Å². The van der Waals surface area contributed by atoms with Crippen LogP contribution < -0.4 is 0 Å². The van der Waals surface area contributed by atoms with Gasteiger partial charge >= 0.3 is 5.97 Å². The SMILES string of the molecule is CC#CCOC(=O)/C=C(C)/C=C/CC(C)CCCC(C)C. The van der Waals surface area contributed by atoms with E-state index >= 15 is 0 Å². The molecule has 2 nitrogen and oxygen atoms in total. The van der Waals surface area contributed by atoms with Crippen molar-refractivity contribution in [2.75, 3.05) is 6.61 Å². The fourth-order valence-electron chi connectivity index (χ4n) is 1.93. The molecule has 0 spiro atoms. The van der Waals surface area contributed by atoms with Gasteiger partial charge in [0.25, 0.3) is 0 Å². The third-order valence-electron chi connectivity index (χ3n) is 3.21. The van der Waals surface area contributed by atoms with E-state index in [4.69, 9.17) is 4.74 Å². The molecule has 0 fully saturated rings. The van der Waals surface area contributed by atoms with Crippen LogP contribution in [0.3, 0.4) is 0 Å². The summed E-state index contributed by atoms with van der Waals surface area (Å²) in [5.74, 6) is 6.54. The zero-order valence-corrected chi connectivity index (χ0v) is 14.2. The Morgan fingerprint density at radius 3 is 2.57 bits per heavy atom. The number of hydrogen-bond acceptors (Lipinski definition) is 2. The second kappa shape index (κ2) is 12.3. The van der Waals surface area contributed by atoms with E-state index in [0.29, 0.717) is 5.92 Å². The van der Waals surface area contributed by atoms with E-state index in [9.17, 15) is 4.79 Å². The minimum atomic E-state index is -0.329. The number of carbonyl (C=O) groups is 1. The molecule has 0 saturated carbocycles. The molecule has 0 aliphatic rings. The van der Waals surface area contributed by atoms with Crippen LogP contribution in [0.25, 0.3) is 0 Å². The zero-order chi connectivity index (χ0) is 16.1. The topological polar surface area (TPSA) is 26.3 Å². The van der Waals surface area contributed by atoms with Crippen molar-refractivity contribution >= 4 is 5.97 Å². The normalized spacial score (nSPS) is 13.1. The highest BCUT2D eigenvalue weighted by atomic mass is 16.5. The van der Waals surface area contributed by atoms with Gasteiger partial charge in [-0.1, -0.05) is 58.1 Å². The Balaban J connectivity index is 3.98. The van der Waals surface area contributed by atoms with E-state index < -0.39 is 0 Å². The average Bonchev–Trinajstić information content (AvgIpc) is 2.38. The van der Waals surface area contributed by atoms with E-state index in [2.05, 4.69) is 38.7 Å². The first-order valence-corrected chi connectivity index (χ1v) is 7.86. The zero-order valence-electron chi connectivity index (χ0n) is 14.2. The van der Waals surface area contributed by atoms with Crippen LogP contribution in [-0.4, -0.2) is 12.6 Å². The van der Waals surface area contributed by atoms with Crippen LogP contribution in [0.4, 0.5) is 0 Å². The maximum atomic E-state index is 11.4. The third-order valence-corrected chi connectivity index (χ3v) is 3.21. The molecule has 0 N–H and O–H groups in total. The number of hydrogen-bond donors (Lipinski definition) is 0. The summed E-state index contributed by atoms with van der Waals surface area (Å²) in [6.45, 7) is 10.6. The summed E-state index contributed by atoms with van der Waals surface area (Å²) < 4.78 is 4.93. The summed E-state index contributed by atoms with van der Waals surface area (Å²) in [5, 5.41) is 0. The fourth-order valence-corrected chi connectivity index (χ4v) is 1.93. The van der Waals surface area contributed by atoms with Crippen molar-refractivity contribution in [3.05, 3.63) is 23.8 Å². The van der Waals surface area contributed by atoms with Crippen molar-refractivity contribution < 1.29 is 9.53 Å². The van der Waals surface area contributed by atoms with Crippen LogP contribution in [0.5, 0.6) is 0 Å². The van der Waals surface area contributed by atoms with E-state index in [1.54, 1.807) is 6.92 Å². The molecule has 0 aliphatic heterocycles. The first-order valence-electron chi connectivity index (χ1n) is 7.86. The van der Waals surface area contributed by atoms with Crippen molar-refractivity contribution in [2.45, 2.75) is 60.3 Å². The summed E-state index contributed by atoms with van der Waals surface area (Å²) in [5.41, 5.74) is 0.916. The molecule has 0 heterocycles. The summed E-state index contributed by atoms with van der Waals surface area (Å²) in [7, 11) is 0. The minimum Gasteiger partial charge on any atom is -0.449 e. The molecule has 118 valence electrons. The number of rotatable bonds is 9. The quantitative estimate of drug-likeness (QED) is 0.261. The molecule has 2 heteroatoms. The van der Waals surface area contributed by atoms with Crippen LogP contribution in [0.1, 0.15) is 60.3 Å². The minimum absolute atomic E-state index is 0.162. The van der Waals surface area contributed by atoms with Gasteiger partial charge < -0.3 is 4.74 Å². The number of allylic oxidation sites excluding steroid dienone is 3. The molecular formula is C19H30O2. The van der Waals surface area contributed by atoms with Gasteiger partial charge in [0.2, 0.25) is 0 Å². The molecule has 0 bridgehead atoms. The van der Waals surface area contributed by atoms with Crippen LogP contribution in [0.2, 0.25) is 0 Å². The largest absolute Gasteiger partial charge is 0.449 e. The Labute approximate surface area is 130 Å². The second-order valence-electron chi connectivity index (χ2n) is 5.99. The molecule has 0 aliphatic carbocycles. The monoisotopic (exact) mass is 290 g/mol. The van der Waals surface area contributed by atoms with Gasteiger partial charge in [-0.2, -0.15) is 0 Å². The van der Waals surface area contributed by atoms with Crippen molar-refractivity contribution in [1.29, 1.82) is 0 Å². The Bertz CT molecular complexity index is 405. The van der Waals surface area contributed by atoms with E-state index in [1.165, 1.54) is 25.3 Å².